The lowest BCUT2D eigenvalue weighted by atomic mass is 10.1. The standard InChI is InChI=1S/C10H8F4O2/c1-5-3-6(9(15)10(12,13)14)4-7(16-2)8(5)11/h3-4H,1-2H3. The van der Waals surface area contributed by atoms with Gasteiger partial charge in [0.25, 0.3) is 5.78 Å². The predicted molar refractivity (Wildman–Crippen MR) is 48.1 cm³/mol. The smallest absolute Gasteiger partial charge is 0.454 e. The highest BCUT2D eigenvalue weighted by molar-refractivity contribution is 6.00. The van der Waals surface area contributed by atoms with Gasteiger partial charge in [0.2, 0.25) is 0 Å². The molecule has 0 unspecified atom stereocenters. The van der Waals surface area contributed by atoms with E-state index in [1.807, 2.05) is 0 Å². The van der Waals surface area contributed by atoms with Crippen LogP contribution in [0, 0.1) is 12.7 Å². The monoisotopic (exact) mass is 236 g/mol. The minimum absolute atomic E-state index is 0.0769. The molecule has 16 heavy (non-hydrogen) atoms. The second-order valence-electron chi connectivity index (χ2n) is 3.14. The summed E-state index contributed by atoms with van der Waals surface area (Å²) in [4.78, 5) is 10.9. The Balaban J connectivity index is 3.27. The van der Waals surface area contributed by atoms with Gasteiger partial charge in [-0.25, -0.2) is 4.39 Å². The third-order valence-corrected chi connectivity index (χ3v) is 1.96. The van der Waals surface area contributed by atoms with Crippen LogP contribution in [0.4, 0.5) is 17.6 Å². The molecule has 0 bridgehead atoms. The number of hydrogen-bond acceptors (Lipinski definition) is 2. The molecule has 2 nitrogen and oxygen atoms in total. The fraction of sp³-hybridized carbons (Fsp3) is 0.300. The number of Topliss-reactive ketones (excluding diaryl/α,β-unsaturated/α-hetero) is 1. The molecule has 0 spiro atoms. The van der Waals surface area contributed by atoms with E-state index in [0.29, 0.717) is 0 Å². The molecule has 0 saturated carbocycles. The Bertz CT molecular complexity index is 424. The third kappa shape index (κ3) is 2.32. The zero-order valence-electron chi connectivity index (χ0n) is 8.48. The van der Waals surface area contributed by atoms with Gasteiger partial charge in [-0.05, 0) is 24.6 Å². The highest BCUT2D eigenvalue weighted by Crippen LogP contribution is 2.27. The molecule has 1 aromatic carbocycles. The Kier molecular flexibility index (Phi) is 3.21. The summed E-state index contributed by atoms with van der Waals surface area (Å²) in [6.45, 7) is 1.25. The molecule has 0 aliphatic carbocycles. The number of benzene rings is 1. The van der Waals surface area contributed by atoms with Gasteiger partial charge in [0.05, 0.1) is 7.11 Å². The van der Waals surface area contributed by atoms with Crippen LogP contribution in [0.1, 0.15) is 15.9 Å². The lowest BCUT2D eigenvalue weighted by molar-refractivity contribution is -0.0885. The van der Waals surface area contributed by atoms with Crippen molar-refractivity contribution in [3.05, 3.63) is 29.1 Å². The first-order valence-corrected chi connectivity index (χ1v) is 4.23. The maximum atomic E-state index is 13.2. The number of ketones is 1. The van der Waals surface area contributed by atoms with Crippen molar-refractivity contribution in [1.82, 2.24) is 0 Å². The molecule has 0 aromatic heterocycles. The number of carbonyl (C=O) groups is 1. The Morgan fingerprint density at radius 2 is 1.88 bits per heavy atom. The molecular formula is C10H8F4O2. The molecular weight excluding hydrogens is 228 g/mol. The van der Waals surface area contributed by atoms with Crippen LogP contribution in [-0.4, -0.2) is 19.1 Å². The average molecular weight is 236 g/mol. The third-order valence-electron chi connectivity index (χ3n) is 1.96. The van der Waals surface area contributed by atoms with E-state index in [-0.39, 0.29) is 11.3 Å². The van der Waals surface area contributed by atoms with E-state index in [2.05, 4.69) is 4.74 Å². The van der Waals surface area contributed by atoms with E-state index in [9.17, 15) is 22.4 Å². The van der Waals surface area contributed by atoms with Crippen LogP contribution in [0.2, 0.25) is 0 Å². The number of hydrogen-bond donors (Lipinski definition) is 0. The van der Waals surface area contributed by atoms with Crippen LogP contribution >= 0.6 is 0 Å². The first-order valence-electron chi connectivity index (χ1n) is 4.23. The SMILES string of the molecule is COc1cc(C(=O)C(F)(F)F)cc(C)c1F. The first kappa shape index (κ1) is 12.5. The zero-order chi connectivity index (χ0) is 12.5. The fourth-order valence-corrected chi connectivity index (χ4v) is 1.18. The lowest BCUT2D eigenvalue weighted by Crippen LogP contribution is -2.23. The molecule has 88 valence electrons. The molecule has 0 radical (unpaired) electrons. The average Bonchev–Trinajstić information content (AvgIpc) is 2.19. The van der Waals surface area contributed by atoms with Crippen molar-refractivity contribution in [3.63, 3.8) is 0 Å². The number of carbonyl (C=O) groups excluding carboxylic acids is 1. The van der Waals surface area contributed by atoms with Gasteiger partial charge in [-0.15, -0.1) is 0 Å². The van der Waals surface area contributed by atoms with Gasteiger partial charge in [-0.2, -0.15) is 13.2 Å². The molecule has 0 aliphatic heterocycles. The van der Waals surface area contributed by atoms with Gasteiger partial charge in [-0.3, -0.25) is 4.79 Å². The number of ether oxygens (including phenoxy) is 1. The van der Waals surface area contributed by atoms with Crippen LogP contribution < -0.4 is 4.74 Å². The molecule has 0 N–H and O–H groups in total. The van der Waals surface area contributed by atoms with Crippen LogP contribution in [0.3, 0.4) is 0 Å². The summed E-state index contributed by atoms with van der Waals surface area (Å²) in [5, 5.41) is 0. The van der Waals surface area contributed by atoms with Crippen molar-refractivity contribution in [2.45, 2.75) is 13.1 Å². The van der Waals surface area contributed by atoms with Gasteiger partial charge in [0, 0.05) is 5.56 Å². The summed E-state index contributed by atoms with van der Waals surface area (Å²) >= 11 is 0. The van der Waals surface area contributed by atoms with E-state index in [1.54, 1.807) is 0 Å². The maximum Gasteiger partial charge on any atom is 0.454 e. The van der Waals surface area contributed by atoms with Crippen molar-refractivity contribution in [2.24, 2.45) is 0 Å². The molecule has 0 atom stereocenters. The normalized spacial score (nSPS) is 11.4. The van der Waals surface area contributed by atoms with Gasteiger partial charge in [0.1, 0.15) is 0 Å². The molecule has 1 aromatic rings. The number of alkyl halides is 3. The molecule has 0 aliphatic rings. The van der Waals surface area contributed by atoms with Gasteiger partial charge < -0.3 is 4.74 Å². The second-order valence-corrected chi connectivity index (χ2v) is 3.14. The molecule has 0 saturated heterocycles. The Hall–Kier alpha value is -1.59. The number of halogens is 4. The van der Waals surface area contributed by atoms with E-state index in [1.165, 1.54) is 6.92 Å². The Morgan fingerprint density at radius 3 is 2.31 bits per heavy atom. The van der Waals surface area contributed by atoms with Crippen LogP contribution in [0.15, 0.2) is 12.1 Å². The summed E-state index contributed by atoms with van der Waals surface area (Å²) in [5.74, 6) is -3.18. The largest absolute Gasteiger partial charge is 0.494 e. The highest BCUT2D eigenvalue weighted by atomic mass is 19.4. The van der Waals surface area contributed by atoms with Crippen molar-refractivity contribution in [2.75, 3.05) is 7.11 Å². The molecule has 0 amide bonds. The van der Waals surface area contributed by atoms with Gasteiger partial charge >= 0.3 is 6.18 Å². The summed E-state index contributed by atoms with van der Waals surface area (Å²) in [7, 11) is 1.11. The van der Waals surface area contributed by atoms with Crippen molar-refractivity contribution < 1.29 is 27.1 Å². The number of methoxy groups -OCH3 is 1. The molecule has 6 heteroatoms. The molecule has 0 heterocycles. The molecule has 1 rings (SSSR count). The van der Waals surface area contributed by atoms with Gasteiger partial charge in [0.15, 0.2) is 11.6 Å². The number of rotatable bonds is 2. The Morgan fingerprint density at radius 1 is 1.31 bits per heavy atom. The first-order chi connectivity index (χ1) is 7.27. The number of aryl methyl sites for hydroxylation is 1. The van der Waals surface area contributed by atoms with E-state index in [0.717, 1.165) is 19.2 Å². The van der Waals surface area contributed by atoms with Crippen LogP contribution in [-0.2, 0) is 0 Å². The quantitative estimate of drug-likeness (QED) is 0.583. The lowest BCUT2D eigenvalue weighted by Gasteiger charge is -2.09. The van der Waals surface area contributed by atoms with Crippen molar-refractivity contribution in [1.29, 1.82) is 0 Å². The minimum atomic E-state index is -4.98. The molecule has 0 fully saturated rings. The minimum Gasteiger partial charge on any atom is -0.494 e. The van der Waals surface area contributed by atoms with E-state index in [4.69, 9.17) is 0 Å². The van der Waals surface area contributed by atoms with E-state index < -0.39 is 23.3 Å². The van der Waals surface area contributed by atoms with Crippen LogP contribution in [0.5, 0.6) is 5.75 Å². The van der Waals surface area contributed by atoms with Gasteiger partial charge in [-0.1, -0.05) is 0 Å². The highest BCUT2D eigenvalue weighted by Gasteiger charge is 2.39. The summed E-state index contributed by atoms with van der Waals surface area (Å²) in [6.07, 6.45) is -4.98. The summed E-state index contributed by atoms with van der Waals surface area (Å²) in [6, 6.07) is 1.58. The Labute approximate surface area is 88.8 Å². The summed E-state index contributed by atoms with van der Waals surface area (Å²) in [5.41, 5.74) is -0.713. The van der Waals surface area contributed by atoms with Crippen LogP contribution in [0.25, 0.3) is 0 Å². The topological polar surface area (TPSA) is 26.3 Å². The second kappa shape index (κ2) is 4.11. The fourth-order valence-electron chi connectivity index (χ4n) is 1.18. The summed E-state index contributed by atoms with van der Waals surface area (Å²) < 4.78 is 54.1. The van der Waals surface area contributed by atoms with Crippen molar-refractivity contribution >= 4 is 5.78 Å². The maximum absolute atomic E-state index is 13.2. The zero-order valence-corrected chi connectivity index (χ0v) is 8.48. The van der Waals surface area contributed by atoms with E-state index >= 15 is 0 Å². The van der Waals surface area contributed by atoms with Crippen molar-refractivity contribution in [3.8, 4) is 5.75 Å². The predicted octanol–water partition coefficient (Wildman–Crippen LogP) is 2.89.